The first-order valence-corrected chi connectivity index (χ1v) is 10.5. The molecule has 31 heavy (non-hydrogen) atoms. The highest BCUT2D eigenvalue weighted by molar-refractivity contribution is 7.14. The van der Waals surface area contributed by atoms with Gasteiger partial charge in [-0.15, -0.1) is 11.3 Å². The molecule has 0 spiro atoms. The number of anilines is 1. The fraction of sp³-hybridized carbons (Fsp3) is 0.174. The van der Waals surface area contributed by atoms with Gasteiger partial charge < -0.3 is 14.6 Å². The van der Waals surface area contributed by atoms with Gasteiger partial charge in [-0.1, -0.05) is 12.1 Å². The van der Waals surface area contributed by atoms with E-state index in [1.807, 2.05) is 6.92 Å². The van der Waals surface area contributed by atoms with Crippen LogP contribution in [0.1, 0.15) is 24.1 Å². The number of aliphatic hydroxyl groups excluding tert-OH is 1. The molecule has 158 valence electrons. The van der Waals surface area contributed by atoms with Crippen molar-refractivity contribution in [2.45, 2.75) is 13.0 Å². The number of hydrogen-bond donors (Lipinski definition) is 1. The highest BCUT2D eigenvalue weighted by atomic mass is 32.1. The molecule has 1 saturated heterocycles. The maximum atomic E-state index is 13.1. The van der Waals surface area contributed by atoms with Gasteiger partial charge in [-0.2, -0.15) is 0 Å². The number of rotatable bonds is 6. The van der Waals surface area contributed by atoms with E-state index in [0.29, 0.717) is 34.4 Å². The van der Waals surface area contributed by atoms with E-state index in [1.165, 1.54) is 16.2 Å². The number of aliphatic hydroxyl groups is 1. The van der Waals surface area contributed by atoms with Crippen molar-refractivity contribution in [1.29, 1.82) is 0 Å². The van der Waals surface area contributed by atoms with Gasteiger partial charge in [0.05, 0.1) is 25.3 Å². The zero-order valence-electron chi connectivity index (χ0n) is 16.9. The fourth-order valence-electron chi connectivity index (χ4n) is 3.53. The first kappa shape index (κ1) is 20.6. The van der Waals surface area contributed by atoms with Gasteiger partial charge in [-0.25, -0.2) is 4.98 Å². The molecule has 1 atom stereocenters. The smallest absolute Gasteiger partial charge is 0.301 e. The first-order valence-electron chi connectivity index (χ1n) is 9.62. The van der Waals surface area contributed by atoms with E-state index in [1.54, 1.807) is 67.2 Å². The van der Waals surface area contributed by atoms with Gasteiger partial charge in [0.25, 0.3) is 5.78 Å². The Hall–Kier alpha value is -3.65. The van der Waals surface area contributed by atoms with Crippen LogP contribution in [0.4, 0.5) is 5.13 Å². The monoisotopic (exact) mass is 436 g/mol. The molecule has 0 bridgehead atoms. The van der Waals surface area contributed by atoms with Crippen LogP contribution in [0.5, 0.6) is 11.5 Å². The predicted octanol–water partition coefficient (Wildman–Crippen LogP) is 4.18. The summed E-state index contributed by atoms with van der Waals surface area (Å²) in [5.41, 5.74) is 1.04. The van der Waals surface area contributed by atoms with Crippen molar-refractivity contribution in [1.82, 2.24) is 4.98 Å². The lowest BCUT2D eigenvalue weighted by atomic mass is 9.95. The minimum atomic E-state index is -0.839. The van der Waals surface area contributed by atoms with Crippen molar-refractivity contribution in [3.63, 3.8) is 0 Å². The van der Waals surface area contributed by atoms with Crippen LogP contribution in [0.2, 0.25) is 0 Å². The van der Waals surface area contributed by atoms with Crippen LogP contribution in [-0.2, 0) is 9.59 Å². The molecule has 1 N–H and O–H groups in total. The predicted molar refractivity (Wildman–Crippen MR) is 118 cm³/mol. The Morgan fingerprint density at radius 2 is 1.94 bits per heavy atom. The molecule has 8 heteroatoms. The highest BCUT2D eigenvalue weighted by Gasteiger charge is 2.48. The molecule has 1 aliphatic heterocycles. The molecule has 1 aliphatic rings. The summed E-state index contributed by atoms with van der Waals surface area (Å²) in [7, 11) is 1.54. The van der Waals surface area contributed by atoms with E-state index in [0.717, 1.165) is 0 Å². The summed E-state index contributed by atoms with van der Waals surface area (Å²) < 4.78 is 10.8. The van der Waals surface area contributed by atoms with Crippen LogP contribution in [0.25, 0.3) is 5.76 Å². The number of amides is 1. The number of ketones is 1. The van der Waals surface area contributed by atoms with E-state index in [2.05, 4.69) is 4.98 Å². The molecule has 2 aromatic carbocycles. The van der Waals surface area contributed by atoms with Crippen molar-refractivity contribution >= 4 is 33.9 Å². The Morgan fingerprint density at radius 1 is 1.16 bits per heavy atom. The second-order valence-corrected chi connectivity index (χ2v) is 7.59. The zero-order chi connectivity index (χ0) is 22.0. The summed E-state index contributed by atoms with van der Waals surface area (Å²) in [5, 5.41) is 13.2. The van der Waals surface area contributed by atoms with Gasteiger partial charge in [0.1, 0.15) is 17.3 Å². The van der Waals surface area contributed by atoms with Crippen molar-refractivity contribution in [3.8, 4) is 11.5 Å². The quantitative estimate of drug-likeness (QED) is 0.354. The van der Waals surface area contributed by atoms with Gasteiger partial charge in [-0.3, -0.25) is 14.5 Å². The maximum Gasteiger partial charge on any atom is 0.301 e. The lowest BCUT2D eigenvalue weighted by molar-refractivity contribution is -0.132. The maximum absolute atomic E-state index is 13.1. The number of methoxy groups -OCH3 is 1. The SMILES string of the molecule is CCOc1cccc(C2C(=C(O)c3ccc(OC)cc3)C(=O)C(=O)N2c2nccs2)c1. The fourth-order valence-corrected chi connectivity index (χ4v) is 4.19. The number of benzene rings is 2. The normalized spacial score (nSPS) is 17.7. The van der Waals surface area contributed by atoms with Crippen LogP contribution in [-0.4, -0.2) is 35.5 Å². The number of carbonyl (C=O) groups is 2. The number of nitrogens with zero attached hydrogens (tertiary/aromatic N) is 2. The van der Waals surface area contributed by atoms with Gasteiger partial charge in [0, 0.05) is 17.1 Å². The lowest BCUT2D eigenvalue weighted by Gasteiger charge is -2.23. The van der Waals surface area contributed by atoms with Gasteiger partial charge in [0.15, 0.2) is 5.13 Å². The minimum Gasteiger partial charge on any atom is -0.507 e. The number of ether oxygens (including phenoxy) is 2. The number of carbonyl (C=O) groups excluding carboxylic acids is 2. The average molecular weight is 436 g/mol. The molecular weight excluding hydrogens is 416 g/mol. The Balaban J connectivity index is 1.90. The first-order chi connectivity index (χ1) is 15.0. The van der Waals surface area contributed by atoms with Crippen molar-refractivity contribution in [2.75, 3.05) is 18.6 Å². The largest absolute Gasteiger partial charge is 0.507 e. The molecule has 2 heterocycles. The van der Waals surface area contributed by atoms with Crippen molar-refractivity contribution < 1.29 is 24.2 Å². The lowest BCUT2D eigenvalue weighted by Crippen LogP contribution is -2.29. The molecule has 0 saturated carbocycles. The summed E-state index contributed by atoms with van der Waals surface area (Å²) >= 11 is 1.24. The molecule has 4 rings (SSSR count). The van der Waals surface area contributed by atoms with Crippen LogP contribution < -0.4 is 14.4 Å². The Morgan fingerprint density at radius 3 is 2.58 bits per heavy atom. The summed E-state index contributed by atoms with van der Waals surface area (Å²) in [6.07, 6.45) is 1.57. The molecule has 0 aliphatic carbocycles. The van der Waals surface area contributed by atoms with Crippen LogP contribution in [0, 0.1) is 0 Å². The molecule has 1 fully saturated rings. The van der Waals surface area contributed by atoms with Crippen molar-refractivity contribution in [3.05, 3.63) is 76.8 Å². The van der Waals surface area contributed by atoms with Gasteiger partial charge in [0.2, 0.25) is 0 Å². The minimum absolute atomic E-state index is 0.000912. The van der Waals surface area contributed by atoms with E-state index in [-0.39, 0.29) is 11.3 Å². The molecule has 1 amide bonds. The third-order valence-corrected chi connectivity index (χ3v) is 5.69. The molecule has 0 radical (unpaired) electrons. The average Bonchev–Trinajstić information content (AvgIpc) is 3.41. The summed E-state index contributed by atoms with van der Waals surface area (Å²) in [5.74, 6) is -0.547. The molecule has 1 unspecified atom stereocenters. The third kappa shape index (κ3) is 3.77. The van der Waals surface area contributed by atoms with Crippen molar-refractivity contribution in [2.24, 2.45) is 0 Å². The third-order valence-electron chi connectivity index (χ3n) is 4.92. The molecular formula is C23H20N2O5S. The number of aromatic nitrogens is 1. The Labute approximate surface area is 183 Å². The van der Waals surface area contributed by atoms with E-state index >= 15 is 0 Å². The van der Waals surface area contributed by atoms with Gasteiger partial charge in [-0.05, 0) is 48.9 Å². The molecule has 1 aromatic heterocycles. The van der Waals surface area contributed by atoms with E-state index < -0.39 is 17.7 Å². The molecule has 3 aromatic rings. The molecule has 7 nitrogen and oxygen atoms in total. The standard InChI is InChI=1S/C23H20N2O5S/c1-3-30-17-6-4-5-15(13-17)19-18(20(26)14-7-9-16(29-2)10-8-14)21(27)22(28)25(19)23-24-11-12-31-23/h4-13,19,26H,3H2,1-2H3. The Bertz CT molecular complexity index is 1140. The topological polar surface area (TPSA) is 89.0 Å². The summed E-state index contributed by atoms with van der Waals surface area (Å²) in [6.45, 7) is 2.35. The summed E-state index contributed by atoms with van der Waals surface area (Å²) in [6, 6.07) is 12.9. The van der Waals surface area contributed by atoms with Crippen LogP contribution >= 0.6 is 11.3 Å². The number of Topliss-reactive ketones (excluding diaryl/α,β-unsaturated/α-hetero) is 1. The van der Waals surface area contributed by atoms with Crippen LogP contribution in [0.3, 0.4) is 0 Å². The van der Waals surface area contributed by atoms with E-state index in [4.69, 9.17) is 9.47 Å². The Kier molecular flexibility index (Phi) is 5.73. The second kappa shape index (κ2) is 8.61. The van der Waals surface area contributed by atoms with E-state index in [9.17, 15) is 14.7 Å². The second-order valence-electron chi connectivity index (χ2n) is 6.72. The number of thiazole rings is 1. The zero-order valence-corrected chi connectivity index (χ0v) is 17.8. The number of hydrogen-bond acceptors (Lipinski definition) is 7. The van der Waals surface area contributed by atoms with Crippen LogP contribution in [0.15, 0.2) is 65.7 Å². The highest BCUT2D eigenvalue weighted by Crippen LogP contribution is 2.43. The van der Waals surface area contributed by atoms with Gasteiger partial charge >= 0.3 is 5.91 Å². The summed E-state index contributed by atoms with van der Waals surface area (Å²) in [4.78, 5) is 31.6.